The summed E-state index contributed by atoms with van der Waals surface area (Å²) in [4.78, 5) is 14.6. The van der Waals surface area contributed by atoms with Crippen LogP contribution in [-0.2, 0) is 12.0 Å². The Hall–Kier alpha value is -1.61. The lowest BCUT2D eigenvalue weighted by atomic mass is 9.63. The number of H-pyrrole nitrogens is 1. The average Bonchev–Trinajstić information content (AvgIpc) is 2.37. The molecule has 3 heteroatoms. The minimum absolute atomic E-state index is 0.00675. The molecule has 2 atom stereocenters. The zero-order valence-electron chi connectivity index (χ0n) is 11.7. The first-order valence-corrected chi connectivity index (χ1v) is 6.86. The van der Waals surface area contributed by atoms with Crippen molar-refractivity contribution in [3.05, 3.63) is 57.0 Å². The van der Waals surface area contributed by atoms with Crippen LogP contribution in [0.4, 0.5) is 0 Å². The van der Waals surface area contributed by atoms with Crippen molar-refractivity contribution >= 4 is 0 Å². The summed E-state index contributed by atoms with van der Waals surface area (Å²) < 4.78 is 0. The number of nitrogens with one attached hydrogen (secondary N) is 2. The normalized spacial score (nSPS) is 31.0. The summed E-state index contributed by atoms with van der Waals surface area (Å²) in [6.45, 7) is 4.31. The van der Waals surface area contributed by atoms with Crippen LogP contribution in [0.15, 0.2) is 40.2 Å². The zero-order chi connectivity index (χ0) is 13.6. The van der Waals surface area contributed by atoms with Crippen LogP contribution in [0.3, 0.4) is 0 Å². The van der Waals surface area contributed by atoms with E-state index < -0.39 is 0 Å². The van der Waals surface area contributed by atoms with Crippen LogP contribution in [0.25, 0.3) is 0 Å². The first-order chi connectivity index (χ1) is 9.10. The third kappa shape index (κ3) is 1.65. The van der Waals surface area contributed by atoms with Crippen molar-refractivity contribution in [3.63, 3.8) is 0 Å². The molecule has 0 radical (unpaired) electrons. The van der Waals surface area contributed by atoms with Gasteiger partial charge >= 0.3 is 0 Å². The fourth-order valence-electron chi connectivity index (χ4n) is 3.87. The first kappa shape index (κ1) is 12.4. The Balaban J connectivity index is 2.30. The molecule has 2 bridgehead atoms. The Morgan fingerprint density at radius 1 is 1.47 bits per heavy atom. The minimum atomic E-state index is -0.143. The SMILES string of the molecule is C/C=C1\[C@H]2C=C(C)C[C@]1(NC)c1ccc(=O)[nH]c1C2. The van der Waals surface area contributed by atoms with Crippen LogP contribution < -0.4 is 10.9 Å². The quantitative estimate of drug-likeness (QED) is 0.757. The van der Waals surface area contributed by atoms with Gasteiger partial charge in [0.2, 0.25) is 5.56 Å². The molecular formula is C16H20N2O. The highest BCUT2D eigenvalue weighted by atomic mass is 16.1. The highest BCUT2D eigenvalue weighted by Crippen LogP contribution is 2.48. The number of aromatic amines is 1. The van der Waals surface area contributed by atoms with E-state index in [0.29, 0.717) is 5.92 Å². The third-order valence-corrected chi connectivity index (χ3v) is 4.54. The molecule has 0 saturated carbocycles. The molecule has 1 heterocycles. The van der Waals surface area contributed by atoms with Crippen molar-refractivity contribution in [2.24, 2.45) is 5.92 Å². The van der Waals surface area contributed by atoms with E-state index in [1.807, 2.05) is 13.1 Å². The van der Waals surface area contributed by atoms with Crippen LogP contribution in [0.1, 0.15) is 31.5 Å². The summed E-state index contributed by atoms with van der Waals surface area (Å²) in [6, 6.07) is 3.63. The van der Waals surface area contributed by atoms with E-state index in [4.69, 9.17) is 0 Å². The molecule has 0 fully saturated rings. The van der Waals surface area contributed by atoms with Crippen molar-refractivity contribution in [3.8, 4) is 0 Å². The predicted octanol–water partition coefficient (Wildman–Crippen LogP) is 2.26. The van der Waals surface area contributed by atoms with Gasteiger partial charge in [-0.1, -0.05) is 17.7 Å². The molecule has 100 valence electrons. The van der Waals surface area contributed by atoms with Gasteiger partial charge in [-0.2, -0.15) is 0 Å². The van der Waals surface area contributed by atoms with E-state index in [1.165, 1.54) is 16.7 Å². The molecule has 1 aromatic heterocycles. The van der Waals surface area contributed by atoms with E-state index in [9.17, 15) is 4.79 Å². The number of hydrogen-bond donors (Lipinski definition) is 2. The summed E-state index contributed by atoms with van der Waals surface area (Å²) in [6.07, 6.45) is 6.45. The molecule has 2 aliphatic rings. The van der Waals surface area contributed by atoms with Crippen LogP contribution in [0.2, 0.25) is 0 Å². The Bertz CT molecular complexity index is 638. The molecule has 3 nitrogen and oxygen atoms in total. The van der Waals surface area contributed by atoms with Crippen LogP contribution >= 0.6 is 0 Å². The maximum absolute atomic E-state index is 11.6. The number of likely N-dealkylation sites (N-methyl/N-ethyl adjacent to an activating group) is 1. The summed E-state index contributed by atoms with van der Waals surface area (Å²) >= 11 is 0. The van der Waals surface area contributed by atoms with Crippen molar-refractivity contribution in [1.82, 2.24) is 10.3 Å². The second-order valence-corrected chi connectivity index (χ2v) is 5.61. The molecule has 2 aliphatic carbocycles. The number of rotatable bonds is 1. The molecule has 0 spiro atoms. The smallest absolute Gasteiger partial charge is 0.248 e. The van der Waals surface area contributed by atoms with Gasteiger partial charge in [0, 0.05) is 17.7 Å². The van der Waals surface area contributed by atoms with Gasteiger partial charge in [-0.15, -0.1) is 0 Å². The zero-order valence-corrected chi connectivity index (χ0v) is 11.7. The van der Waals surface area contributed by atoms with Crippen molar-refractivity contribution in [2.75, 3.05) is 7.05 Å². The van der Waals surface area contributed by atoms with E-state index >= 15 is 0 Å². The minimum Gasteiger partial charge on any atom is -0.326 e. The van der Waals surface area contributed by atoms with Gasteiger partial charge in [-0.3, -0.25) is 4.79 Å². The van der Waals surface area contributed by atoms with Crippen molar-refractivity contribution < 1.29 is 0 Å². The Morgan fingerprint density at radius 2 is 2.26 bits per heavy atom. The monoisotopic (exact) mass is 256 g/mol. The number of pyridine rings is 1. The second kappa shape index (κ2) is 4.20. The van der Waals surface area contributed by atoms with Gasteiger partial charge in [0.15, 0.2) is 0 Å². The fraction of sp³-hybridized carbons (Fsp3) is 0.438. The first-order valence-electron chi connectivity index (χ1n) is 6.86. The number of hydrogen-bond acceptors (Lipinski definition) is 2. The van der Waals surface area contributed by atoms with Gasteiger partial charge < -0.3 is 10.3 Å². The Kier molecular flexibility index (Phi) is 2.75. The Morgan fingerprint density at radius 3 is 2.95 bits per heavy atom. The summed E-state index contributed by atoms with van der Waals surface area (Å²) in [5.41, 5.74) is 5.01. The fourth-order valence-corrected chi connectivity index (χ4v) is 3.87. The van der Waals surface area contributed by atoms with Crippen molar-refractivity contribution in [2.45, 2.75) is 32.2 Å². The molecular weight excluding hydrogens is 236 g/mol. The van der Waals surface area contributed by atoms with Gasteiger partial charge in [0.05, 0.1) is 5.54 Å². The molecule has 0 amide bonds. The highest BCUT2D eigenvalue weighted by molar-refractivity contribution is 5.49. The average molecular weight is 256 g/mol. The molecule has 0 aromatic carbocycles. The molecule has 2 N–H and O–H groups in total. The lowest BCUT2D eigenvalue weighted by molar-refractivity contribution is 0.346. The van der Waals surface area contributed by atoms with Gasteiger partial charge in [0.1, 0.15) is 0 Å². The molecule has 0 unspecified atom stereocenters. The topological polar surface area (TPSA) is 44.9 Å². The van der Waals surface area contributed by atoms with Gasteiger partial charge in [-0.05, 0) is 50.9 Å². The molecule has 0 aliphatic heterocycles. The maximum Gasteiger partial charge on any atom is 0.248 e. The Labute approximate surface area is 113 Å². The molecule has 0 saturated heterocycles. The van der Waals surface area contributed by atoms with Crippen molar-refractivity contribution in [1.29, 1.82) is 0 Å². The van der Waals surface area contributed by atoms with E-state index in [1.54, 1.807) is 6.07 Å². The molecule has 3 rings (SSSR count). The third-order valence-electron chi connectivity index (χ3n) is 4.54. The standard InChI is InChI=1S/C16H20N2O/c1-4-12-11-7-10(2)9-16(12,17-3)13-5-6-15(19)18-14(13)8-11/h4-7,11,17H,8-9H2,1-3H3,(H,18,19)/b12-4+/t11-,16+/m0/s1. The summed E-state index contributed by atoms with van der Waals surface area (Å²) in [5.74, 6) is 0.400. The van der Waals surface area contributed by atoms with E-state index in [-0.39, 0.29) is 11.1 Å². The summed E-state index contributed by atoms with van der Waals surface area (Å²) in [5, 5.41) is 3.52. The lowest BCUT2D eigenvalue weighted by Gasteiger charge is -2.47. The van der Waals surface area contributed by atoms with Crippen LogP contribution in [0, 0.1) is 5.92 Å². The maximum atomic E-state index is 11.6. The number of fused-ring (bicyclic) bond motifs is 4. The molecule has 1 aromatic rings. The lowest BCUT2D eigenvalue weighted by Crippen LogP contribution is -2.50. The van der Waals surface area contributed by atoms with Crippen LogP contribution in [0.5, 0.6) is 0 Å². The van der Waals surface area contributed by atoms with Gasteiger partial charge in [0.25, 0.3) is 0 Å². The second-order valence-electron chi connectivity index (χ2n) is 5.61. The molecule has 19 heavy (non-hydrogen) atoms. The van der Waals surface area contributed by atoms with Gasteiger partial charge in [-0.25, -0.2) is 0 Å². The number of aromatic nitrogens is 1. The highest BCUT2D eigenvalue weighted by Gasteiger charge is 2.45. The largest absolute Gasteiger partial charge is 0.326 e. The van der Waals surface area contributed by atoms with Crippen LogP contribution in [-0.4, -0.2) is 12.0 Å². The van der Waals surface area contributed by atoms with E-state index in [0.717, 1.165) is 18.5 Å². The summed E-state index contributed by atoms with van der Waals surface area (Å²) in [7, 11) is 2.01. The predicted molar refractivity (Wildman–Crippen MR) is 77.1 cm³/mol. The van der Waals surface area contributed by atoms with E-state index in [2.05, 4.69) is 36.3 Å². The number of allylic oxidation sites excluding steroid dienone is 2.